The van der Waals surface area contributed by atoms with E-state index in [4.69, 9.17) is 25.8 Å². The second-order valence-electron chi connectivity index (χ2n) is 6.31. The van der Waals surface area contributed by atoms with E-state index in [9.17, 15) is 4.79 Å². The Morgan fingerprint density at radius 2 is 1.85 bits per heavy atom. The van der Waals surface area contributed by atoms with E-state index in [1.807, 2.05) is 0 Å². The van der Waals surface area contributed by atoms with Crippen molar-refractivity contribution in [2.75, 3.05) is 14.2 Å². The summed E-state index contributed by atoms with van der Waals surface area (Å²) < 4.78 is 16.2. The molecule has 1 aromatic carbocycles. The summed E-state index contributed by atoms with van der Waals surface area (Å²) >= 11 is 6.01. The Bertz CT molecular complexity index is 794. The summed E-state index contributed by atoms with van der Waals surface area (Å²) in [6.07, 6.45) is 6.41. The van der Waals surface area contributed by atoms with Crippen LogP contribution in [0.1, 0.15) is 36.0 Å². The van der Waals surface area contributed by atoms with E-state index < -0.39 is 0 Å². The molecule has 1 aliphatic carbocycles. The van der Waals surface area contributed by atoms with Crippen LogP contribution in [-0.2, 0) is 0 Å². The second-order valence-corrected chi connectivity index (χ2v) is 6.75. The Labute approximate surface area is 163 Å². The number of methoxy groups -OCH3 is 2. The van der Waals surface area contributed by atoms with Gasteiger partial charge in [-0.15, -0.1) is 0 Å². The molecule has 1 heterocycles. The molecule has 0 aliphatic heterocycles. The van der Waals surface area contributed by atoms with Gasteiger partial charge < -0.3 is 19.5 Å². The van der Waals surface area contributed by atoms with E-state index in [-0.39, 0.29) is 18.1 Å². The van der Waals surface area contributed by atoms with Crippen molar-refractivity contribution in [1.29, 1.82) is 0 Å². The number of nitrogens with one attached hydrogen (secondary N) is 1. The van der Waals surface area contributed by atoms with E-state index in [1.54, 1.807) is 24.4 Å². The van der Waals surface area contributed by atoms with E-state index in [0.29, 0.717) is 28.1 Å². The SMILES string of the molecule is COc1cncc(OC2CCC(NC(=O)c3cc(Cl)ccc3OC)CC2)n1. The van der Waals surface area contributed by atoms with Crippen LogP contribution in [0.3, 0.4) is 0 Å². The van der Waals surface area contributed by atoms with Gasteiger partial charge in [0.05, 0.1) is 32.2 Å². The number of benzene rings is 1. The summed E-state index contributed by atoms with van der Waals surface area (Å²) in [6.45, 7) is 0. The Hall–Kier alpha value is -2.54. The third-order valence-electron chi connectivity index (χ3n) is 4.50. The van der Waals surface area contributed by atoms with Crippen molar-refractivity contribution in [3.63, 3.8) is 0 Å². The first kappa shape index (κ1) is 19.2. The number of carbonyl (C=O) groups is 1. The average molecular weight is 392 g/mol. The largest absolute Gasteiger partial charge is 0.496 e. The molecule has 0 radical (unpaired) electrons. The van der Waals surface area contributed by atoms with E-state index in [0.717, 1.165) is 25.7 Å². The third kappa shape index (κ3) is 5.01. The number of rotatable bonds is 6. The molecule has 2 aromatic rings. The fourth-order valence-electron chi connectivity index (χ4n) is 3.10. The van der Waals surface area contributed by atoms with Gasteiger partial charge in [0.1, 0.15) is 11.9 Å². The van der Waals surface area contributed by atoms with Crippen molar-refractivity contribution in [2.24, 2.45) is 0 Å². The molecule has 1 N–H and O–H groups in total. The van der Waals surface area contributed by atoms with Crippen LogP contribution in [-0.4, -0.2) is 42.2 Å². The zero-order valence-electron chi connectivity index (χ0n) is 15.3. The maximum absolute atomic E-state index is 12.6. The maximum Gasteiger partial charge on any atom is 0.255 e. The van der Waals surface area contributed by atoms with Gasteiger partial charge in [-0.05, 0) is 43.9 Å². The molecule has 1 aromatic heterocycles. The zero-order chi connectivity index (χ0) is 19.2. The van der Waals surface area contributed by atoms with E-state index in [1.165, 1.54) is 20.4 Å². The molecule has 0 spiro atoms. The molecule has 144 valence electrons. The fourth-order valence-corrected chi connectivity index (χ4v) is 3.27. The number of halogens is 1. The predicted octanol–water partition coefficient (Wildman–Crippen LogP) is 3.27. The Kier molecular flexibility index (Phi) is 6.34. The van der Waals surface area contributed by atoms with Crippen molar-refractivity contribution in [2.45, 2.75) is 37.8 Å². The van der Waals surface area contributed by atoms with Gasteiger partial charge in [0, 0.05) is 11.1 Å². The molecule has 1 saturated carbocycles. The van der Waals surface area contributed by atoms with Crippen LogP contribution in [0.15, 0.2) is 30.6 Å². The quantitative estimate of drug-likeness (QED) is 0.813. The minimum atomic E-state index is -0.183. The smallest absolute Gasteiger partial charge is 0.255 e. The van der Waals surface area contributed by atoms with Gasteiger partial charge in [-0.25, -0.2) is 0 Å². The van der Waals surface area contributed by atoms with Crippen molar-refractivity contribution in [3.8, 4) is 17.5 Å². The summed E-state index contributed by atoms with van der Waals surface area (Å²) in [5, 5.41) is 3.56. The number of nitrogens with zero attached hydrogens (tertiary/aromatic N) is 2. The van der Waals surface area contributed by atoms with Crippen molar-refractivity contribution in [3.05, 3.63) is 41.2 Å². The molecule has 1 aliphatic rings. The molecule has 0 bridgehead atoms. The molecule has 7 nitrogen and oxygen atoms in total. The standard InChI is InChI=1S/C19H22ClN3O4/c1-25-16-8-3-12(20)9-15(16)19(24)22-13-4-6-14(7-5-13)27-18-11-21-10-17(23-18)26-2/h3,8-11,13-14H,4-7H2,1-2H3,(H,22,24). The number of aromatic nitrogens is 2. The first-order valence-corrected chi connectivity index (χ1v) is 9.14. The van der Waals surface area contributed by atoms with Gasteiger partial charge in [-0.3, -0.25) is 9.78 Å². The first-order valence-electron chi connectivity index (χ1n) is 8.76. The van der Waals surface area contributed by atoms with Gasteiger partial charge in [-0.1, -0.05) is 11.6 Å². The van der Waals surface area contributed by atoms with Crippen LogP contribution in [0.5, 0.6) is 17.5 Å². The number of hydrogen-bond donors (Lipinski definition) is 1. The minimum Gasteiger partial charge on any atom is -0.496 e. The van der Waals surface area contributed by atoms with Gasteiger partial charge >= 0.3 is 0 Å². The van der Waals surface area contributed by atoms with Crippen LogP contribution in [0.25, 0.3) is 0 Å². The lowest BCUT2D eigenvalue weighted by Gasteiger charge is -2.29. The highest BCUT2D eigenvalue weighted by molar-refractivity contribution is 6.31. The summed E-state index contributed by atoms with van der Waals surface area (Å²) in [5.74, 6) is 1.19. The lowest BCUT2D eigenvalue weighted by atomic mass is 9.92. The summed E-state index contributed by atoms with van der Waals surface area (Å²) in [6, 6.07) is 5.09. The van der Waals surface area contributed by atoms with Gasteiger partial charge in [0.2, 0.25) is 11.8 Å². The molecular weight excluding hydrogens is 370 g/mol. The van der Waals surface area contributed by atoms with Crippen LogP contribution in [0, 0.1) is 0 Å². The lowest BCUT2D eigenvalue weighted by Crippen LogP contribution is -2.39. The third-order valence-corrected chi connectivity index (χ3v) is 4.74. The lowest BCUT2D eigenvalue weighted by molar-refractivity contribution is 0.0886. The van der Waals surface area contributed by atoms with Gasteiger partial charge in [-0.2, -0.15) is 4.98 Å². The topological polar surface area (TPSA) is 82.6 Å². The molecule has 0 saturated heterocycles. The minimum absolute atomic E-state index is 0.0419. The zero-order valence-corrected chi connectivity index (χ0v) is 16.0. The van der Waals surface area contributed by atoms with Crippen molar-refractivity contribution < 1.29 is 19.0 Å². The number of carbonyl (C=O) groups excluding carboxylic acids is 1. The highest BCUT2D eigenvalue weighted by Gasteiger charge is 2.25. The van der Waals surface area contributed by atoms with Crippen molar-refractivity contribution in [1.82, 2.24) is 15.3 Å². The first-order chi connectivity index (χ1) is 13.1. The Balaban J connectivity index is 1.53. The maximum atomic E-state index is 12.6. The van der Waals surface area contributed by atoms with Crippen LogP contribution >= 0.6 is 11.6 Å². The molecule has 0 unspecified atom stereocenters. The van der Waals surface area contributed by atoms with E-state index in [2.05, 4.69) is 15.3 Å². The Morgan fingerprint density at radius 1 is 1.11 bits per heavy atom. The number of hydrogen-bond acceptors (Lipinski definition) is 6. The molecule has 27 heavy (non-hydrogen) atoms. The van der Waals surface area contributed by atoms with Crippen molar-refractivity contribution >= 4 is 17.5 Å². The van der Waals surface area contributed by atoms with Crippen LogP contribution < -0.4 is 19.5 Å². The van der Waals surface area contributed by atoms with Crippen LogP contribution in [0.4, 0.5) is 0 Å². The molecular formula is C19H22ClN3O4. The molecule has 1 fully saturated rings. The molecule has 1 amide bonds. The fraction of sp³-hybridized carbons (Fsp3) is 0.421. The Morgan fingerprint density at radius 3 is 2.56 bits per heavy atom. The number of amides is 1. The second kappa shape index (κ2) is 8.90. The van der Waals surface area contributed by atoms with Gasteiger partial charge in [0.25, 0.3) is 5.91 Å². The van der Waals surface area contributed by atoms with Gasteiger partial charge in [0.15, 0.2) is 0 Å². The highest BCUT2D eigenvalue weighted by Crippen LogP contribution is 2.26. The summed E-state index contributed by atoms with van der Waals surface area (Å²) in [4.78, 5) is 20.8. The highest BCUT2D eigenvalue weighted by atomic mass is 35.5. The molecule has 3 rings (SSSR count). The summed E-state index contributed by atoms with van der Waals surface area (Å²) in [5.41, 5.74) is 0.440. The van der Waals surface area contributed by atoms with Crippen LogP contribution in [0.2, 0.25) is 5.02 Å². The average Bonchev–Trinajstić information content (AvgIpc) is 2.69. The predicted molar refractivity (Wildman–Crippen MR) is 101 cm³/mol. The number of ether oxygens (including phenoxy) is 3. The summed E-state index contributed by atoms with van der Waals surface area (Å²) in [7, 11) is 3.07. The normalized spacial score (nSPS) is 19.2. The molecule has 0 atom stereocenters. The monoisotopic (exact) mass is 391 g/mol. The van der Waals surface area contributed by atoms with E-state index >= 15 is 0 Å². The molecule has 8 heteroatoms.